The van der Waals surface area contributed by atoms with Crippen molar-refractivity contribution in [3.63, 3.8) is 0 Å². The number of methoxy groups -OCH3 is 1. The highest BCUT2D eigenvalue weighted by atomic mass is 16.5. The average Bonchev–Trinajstić information content (AvgIpc) is 3.05. The molecule has 0 saturated carbocycles. The molecule has 1 aromatic heterocycles. The van der Waals surface area contributed by atoms with E-state index in [4.69, 9.17) is 9.15 Å². The smallest absolute Gasteiger partial charge is 0.227 e. The molecule has 1 amide bonds. The second kappa shape index (κ2) is 8.25. The highest BCUT2D eigenvalue weighted by molar-refractivity contribution is 5.93. The van der Waals surface area contributed by atoms with Crippen LogP contribution in [0.3, 0.4) is 0 Å². The predicted molar refractivity (Wildman–Crippen MR) is 108 cm³/mol. The topological polar surface area (TPSA) is 64.4 Å². The van der Waals surface area contributed by atoms with E-state index in [1.807, 2.05) is 30.3 Å². The standard InChI is InChI=1S/C22H26N2O3/c1-5-6-7-8-21(25)23-18-13-16(9-10-19(18)26-4)22-24-17-11-14(2)15(3)12-20(17)27-22/h9-13H,5-8H2,1-4H3,(H,23,25). The molecule has 0 aliphatic rings. The molecule has 0 atom stereocenters. The van der Waals surface area contributed by atoms with Crippen molar-refractivity contribution in [1.29, 1.82) is 0 Å². The number of aryl methyl sites for hydroxylation is 2. The van der Waals surface area contributed by atoms with Gasteiger partial charge in [0.25, 0.3) is 0 Å². The Balaban J connectivity index is 1.89. The maximum atomic E-state index is 12.2. The van der Waals surface area contributed by atoms with Gasteiger partial charge in [-0.3, -0.25) is 4.79 Å². The van der Waals surface area contributed by atoms with E-state index in [0.717, 1.165) is 35.9 Å². The number of carbonyl (C=O) groups is 1. The average molecular weight is 366 g/mol. The van der Waals surface area contributed by atoms with Gasteiger partial charge in [0.15, 0.2) is 5.58 Å². The molecule has 27 heavy (non-hydrogen) atoms. The summed E-state index contributed by atoms with van der Waals surface area (Å²) < 4.78 is 11.3. The van der Waals surface area contributed by atoms with Crippen molar-refractivity contribution in [2.24, 2.45) is 0 Å². The van der Waals surface area contributed by atoms with Crippen LogP contribution in [-0.4, -0.2) is 18.0 Å². The lowest BCUT2D eigenvalue weighted by atomic mass is 10.1. The number of benzene rings is 2. The van der Waals surface area contributed by atoms with Crippen molar-refractivity contribution in [2.75, 3.05) is 12.4 Å². The largest absolute Gasteiger partial charge is 0.495 e. The van der Waals surface area contributed by atoms with E-state index in [1.165, 1.54) is 11.1 Å². The third-order valence-corrected chi connectivity index (χ3v) is 4.73. The Kier molecular flexibility index (Phi) is 5.79. The molecular formula is C22H26N2O3. The lowest BCUT2D eigenvalue weighted by molar-refractivity contribution is -0.116. The van der Waals surface area contributed by atoms with Gasteiger partial charge in [0.1, 0.15) is 11.3 Å². The lowest BCUT2D eigenvalue weighted by Gasteiger charge is -2.11. The maximum absolute atomic E-state index is 12.2. The van der Waals surface area contributed by atoms with Gasteiger partial charge in [0.05, 0.1) is 12.8 Å². The summed E-state index contributed by atoms with van der Waals surface area (Å²) in [7, 11) is 1.59. The second-order valence-corrected chi connectivity index (χ2v) is 6.84. The Morgan fingerprint density at radius 2 is 1.93 bits per heavy atom. The Labute approximate surface area is 159 Å². The number of unbranched alkanes of at least 4 members (excludes halogenated alkanes) is 2. The zero-order valence-electron chi connectivity index (χ0n) is 16.4. The van der Waals surface area contributed by atoms with Gasteiger partial charge in [-0.2, -0.15) is 0 Å². The molecule has 1 N–H and O–H groups in total. The van der Waals surface area contributed by atoms with Crippen LogP contribution >= 0.6 is 0 Å². The number of fused-ring (bicyclic) bond motifs is 1. The maximum Gasteiger partial charge on any atom is 0.227 e. The molecule has 5 heteroatoms. The number of nitrogens with one attached hydrogen (secondary N) is 1. The minimum atomic E-state index is -0.0114. The predicted octanol–water partition coefficient (Wildman–Crippen LogP) is 5.64. The van der Waals surface area contributed by atoms with E-state index in [-0.39, 0.29) is 5.91 Å². The zero-order valence-corrected chi connectivity index (χ0v) is 16.4. The molecule has 1 heterocycles. The van der Waals surface area contributed by atoms with Crippen LogP contribution in [0.4, 0.5) is 5.69 Å². The number of hydrogen-bond acceptors (Lipinski definition) is 4. The van der Waals surface area contributed by atoms with E-state index in [1.54, 1.807) is 7.11 Å². The fraction of sp³-hybridized carbons (Fsp3) is 0.364. The molecule has 3 rings (SSSR count). The summed E-state index contributed by atoms with van der Waals surface area (Å²) in [6, 6.07) is 9.58. The SMILES string of the molecule is CCCCCC(=O)Nc1cc(-c2nc3cc(C)c(C)cc3o2)ccc1OC. The monoisotopic (exact) mass is 366 g/mol. The Bertz CT molecular complexity index is 921. The first-order valence-corrected chi connectivity index (χ1v) is 9.38. The second-order valence-electron chi connectivity index (χ2n) is 6.84. The molecule has 0 bridgehead atoms. The summed E-state index contributed by atoms with van der Waals surface area (Å²) in [5.74, 6) is 1.13. The number of anilines is 1. The van der Waals surface area contributed by atoms with Gasteiger partial charge >= 0.3 is 0 Å². The molecule has 0 aliphatic heterocycles. The van der Waals surface area contributed by atoms with E-state index >= 15 is 0 Å². The molecule has 0 unspecified atom stereocenters. The number of rotatable bonds is 7. The Morgan fingerprint density at radius 3 is 2.67 bits per heavy atom. The summed E-state index contributed by atoms with van der Waals surface area (Å²) >= 11 is 0. The molecule has 0 fully saturated rings. The summed E-state index contributed by atoms with van der Waals surface area (Å²) in [5, 5.41) is 2.95. The van der Waals surface area contributed by atoms with E-state index in [2.05, 4.69) is 31.1 Å². The van der Waals surface area contributed by atoms with Crippen LogP contribution in [0.1, 0.15) is 43.7 Å². The fourth-order valence-corrected chi connectivity index (χ4v) is 2.99. The summed E-state index contributed by atoms with van der Waals surface area (Å²) in [4.78, 5) is 16.8. The summed E-state index contributed by atoms with van der Waals surface area (Å²) in [6.45, 7) is 6.23. The molecule has 0 aliphatic carbocycles. The van der Waals surface area contributed by atoms with Crippen LogP contribution in [0.2, 0.25) is 0 Å². The van der Waals surface area contributed by atoms with E-state index in [0.29, 0.717) is 23.7 Å². The first-order valence-electron chi connectivity index (χ1n) is 9.38. The number of hydrogen-bond donors (Lipinski definition) is 1. The minimum absolute atomic E-state index is 0.0114. The van der Waals surface area contributed by atoms with Gasteiger partial charge in [-0.15, -0.1) is 0 Å². The quantitative estimate of drug-likeness (QED) is 0.550. The fourth-order valence-electron chi connectivity index (χ4n) is 2.99. The summed E-state index contributed by atoms with van der Waals surface area (Å²) in [6.07, 6.45) is 3.52. The van der Waals surface area contributed by atoms with Crippen LogP contribution in [0.25, 0.3) is 22.6 Å². The Hall–Kier alpha value is -2.82. The molecule has 0 saturated heterocycles. The van der Waals surface area contributed by atoms with Gasteiger partial charge in [-0.1, -0.05) is 19.8 Å². The van der Waals surface area contributed by atoms with Crippen LogP contribution in [0, 0.1) is 13.8 Å². The van der Waals surface area contributed by atoms with Crippen LogP contribution in [-0.2, 0) is 4.79 Å². The highest BCUT2D eigenvalue weighted by Gasteiger charge is 2.14. The van der Waals surface area contributed by atoms with Crippen molar-refractivity contribution in [2.45, 2.75) is 46.5 Å². The zero-order chi connectivity index (χ0) is 19.4. The van der Waals surface area contributed by atoms with Crippen LogP contribution < -0.4 is 10.1 Å². The van der Waals surface area contributed by atoms with Crippen molar-refractivity contribution in [1.82, 2.24) is 4.98 Å². The van der Waals surface area contributed by atoms with Crippen LogP contribution in [0.15, 0.2) is 34.7 Å². The number of carbonyl (C=O) groups excluding carboxylic acids is 1. The van der Waals surface area contributed by atoms with E-state index in [9.17, 15) is 4.79 Å². The summed E-state index contributed by atoms with van der Waals surface area (Å²) in [5.41, 5.74) is 5.36. The van der Waals surface area contributed by atoms with Crippen molar-refractivity contribution in [3.05, 3.63) is 41.5 Å². The third kappa shape index (κ3) is 4.30. The molecule has 0 radical (unpaired) electrons. The first-order chi connectivity index (χ1) is 13.0. The van der Waals surface area contributed by atoms with Crippen LogP contribution in [0.5, 0.6) is 5.75 Å². The third-order valence-electron chi connectivity index (χ3n) is 4.73. The van der Waals surface area contributed by atoms with Crippen molar-refractivity contribution < 1.29 is 13.9 Å². The van der Waals surface area contributed by atoms with Gasteiger partial charge in [-0.05, 0) is 61.7 Å². The molecule has 0 spiro atoms. The number of nitrogens with zero attached hydrogens (tertiary/aromatic N) is 1. The minimum Gasteiger partial charge on any atom is -0.495 e. The van der Waals surface area contributed by atoms with E-state index < -0.39 is 0 Å². The molecule has 3 aromatic rings. The number of amides is 1. The van der Waals surface area contributed by atoms with Gasteiger partial charge in [0.2, 0.25) is 11.8 Å². The molecular weight excluding hydrogens is 340 g/mol. The van der Waals surface area contributed by atoms with Gasteiger partial charge in [0, 0.05) is 12.0 Å². The molecule has 142 valence electrons. The normalized spacial score (nSPS) is 11.0. The highest BCUT2D eigenvalue weighted by Crippen LogP contribution is 2.32. The number of ether oxygens (including phenoxy) is 1. The van der Waals surface area contributed by atoms with Crippen molar-refractivity contribution >= 4 is 22.7 Å². The van der Waals surface area contributed by atoms with Crippen molar-refractivity contribution in [3.8, 4) is 17.2 Å². The Morgan fingerprint density at radius 1 is 1.15 bits per heavy atom. The number of aromatic nitrogens is 1. The first kappa shape index (κ1) is 19.0. The number of oxazole rings is 1. The lowest BCUT2D eigenvalue weighted by Crippen LogP contribution is -2.12. The van der Waals surface area contributed by atoms with Gasteiger partial charge < -0.3 is 14.5 Å². The molecule has 5 nitrogen and oxygen atoms in total. The van der Waals surface area contributed by atoms with Gasteiger partial charge in [-0.25, -0.2) is 4.98 Å². The molecule has 2 aromatic carbocycles.